The van der Waals surface area contributed by atoms with Gasteiger partial charge in [0.05, 0.1) is 5.56 Å². The van der Waals surface area contributed by atoms with Gasteiger partial charge in [0.2, 0.25) is 17.5 Å². The summed E-state index contributed by atoms with van der Waals surface area (Å²) in [6.07, 6.45) is 5.52. The second kappa shape index (κ2) is 7.27. The van der Waals surface area contributed by atoms with Gasteiger partial charge in [0.1, 0.15) is 5.69 Å². The van der Waals surface area contributed by atoms with Crippen LogP contribution in [0.15, 0.2) is 36.8 Å². The van der Waals surface area contributed by atoms with Crippen LogP contribution in [0.2, 0.25) is 0 Å². The summed E-state index contributed by atoms with van der Waals surface area (Å²) in [6, 6.07) is 5.00. The smallest absolute Gasteiger partial charge is 0.252 e. The summed E-state index contributed by atoms with van der Waals surface area (Å²) in [7, 11) is 0. The quantitative estimate of drug-likeness (QED) is 0.742. The molecule has 0 radical (unpaired) electrons. The van der Waals surface area contributed by atoms with Crippen LogP contribution in [-0.4, -0.2) is 47.8 Å². The molecule has 3 heterocycles. The molecule has 0 saturated carbocycles. The van der Waals surface area contributed by atoms with Crippen LogP contribution >= 0.6 is 0 Å². The van der Waals surface area contributed by atoms with E-state index in [9.17, 15) is 4.79 Å². The predicted octanol–water partition coefficient (Wildman–Crippen LogP) is 1.17. The lowest BCUT2D eigenvalue weighted by Crippen LogP contribution is -2.24. The number of amides is 1. The van der Waals surface area contributed by atoms with E-state index in [2.05, 4.69) is 40.7 Å². The molecule has 24 heavy (non-hydrogen) atoms. The highest BCUT2D eigenvalue weighted by atomic mass is 16.1. The topological polar surface area (TPSA) is 119 Å². The largest absolute Gasteiger partial charge is 0.352 e. The maximum atomic E-state index is 11.8. The molecule has 0 atom stereocenters. The molecule has 3 rings (SSSR count). The molecule has 122 valence electrons. The van der Waals surface area contributed by atoms with Crippen LogP contribution in [0.5, 0.6) is 0 Å². The molecule has 0 fully saturated rings. The fraction of sp³-hybridized carbons (Fsp3) is 0.200. The molecule has 0 spiro atoms. The molecule has 3 aromatic heterocycles. The summed E-state index contributed by atoms with van der Waals surface area (Å²) < 4.78 is 0. The van der Waals surface area contributed by atoms with E-state index >= 15 is 0 Å². The molecule has 3 aromatic rings. The van der Waals surface area contributed by atoms with Crippen molar-refractivity contribution in [3.8, 4) is 23.2 Å². The van der Waals surface area contributed by atoms with Gasteiger partial charge in [-0.2, -0.15) is 0 Å². The number of nitrogens with zero attached hydrogens (tertiary/aromatic N) is 7. The maximum Gasteiger partial charge on any atom is 0.252 e. The minimum atomic E-state index is -0.162. The average molecular weight is 324 g/mol. The van der Waals surface area contributed by atoms with Crippen molar-refractivity contribution in [1.82, 2.24) is 40.7 Å². The van der Waals surface area contributed by atoms with Crippen molar-refractivity contribution >= 4 is 5.91 Å². The molecule has 1 amide bonds. The number of hydrogen-bond acceptors (Lipinski definition) is 8. The number of nitrogens with one attached hydrogen (secondary N) is 1. The highest BCUT2D eigenvalue weighted by Crippen LogP contribution is 2.12. The van der Waals surface area contributed by atoms with Gasteiger partial charge in [0, 0.05) is 26.6 Å². The third-order valence-corrected chi connectivity index (χ3v) is 3.03. The Balaban J connectivity index is 0.00000225. The number of carbonyl (C=O) groups is 1. The van der Waals surface area contributed by atoms with Crippen molar-refractivity contribution in [3.05, 3.63) is 42.4 Å². The second-order valence-electron chi connectivity index (χ2n) is 4.81. The summed E-state index contributed by atoms with van der Waals surface area (Å²) in [5.74, 6) is 0.676. The molecule has 0 bridgehead atoms. The molecule has 1 N–H and O–H groups in total. The number of aromatic nitrogens is 7. The molecule has 0 aliphatic rings. The normalized spacial score (nSPS) is 10.4. The standard InChI is InChI=1S/C15H14N8O.H2/c1-2-6-18-15(24)10-4-5-11(19-9-10)12-20-22-14(23-21-12)13-16-7-3-8-17-13;/h3-5,7-9H,2,6H2,1H3,(H,18,24);1H. The van der Waals surface area contributed by atoms with Gasteiger partial charge in [-0.1, -0.05) is 6.92 Å². The monoisotopic (exact) mass is 324 g/mol. The summed E-state index contributed by atoms with van der Waals surface area (Å²) >= 11 is 0. The first-order chi connectivity index (χ1) is 11.8. The van der Waals surface area contributed by atoms with Crippen LogP contribution in [0.25, 0.3) is 23.2 Å². The Hall–Kier alpha value is -3.36. The molecular formula is C15H16N8O. The average Bonchev–Trinajstić information content (AvgIpc) is 2.67. The van der Waals surface area contributed by atoms with Crippen LogP contribution in [0.3, 0.4) is 0 Å². The number of carbonyl (C=O) groups excluding carboxylic acids is 1. The molecule has 0 unspecified atom stereocenters. The minimum absolute atomic E-state index is 0. The molecule has 9 nitrogen and oxygen atoms in total. The van der Waals surface area contributed by atoms with E-state index in [4.69, 9.17) is 0 Å². The summed E-state index contributed by atoms with van der Waals surface area (Å²) in [5.41, 5.74) is 0.949. The maximum absolute atomic E-state index is 11.8. The molecule has 0 saturated heterocycles. The SMILES string of the molecule is CCCNC(=O)c1ccc(-c2nnc(-c3ncccn3)nn2)nc1.[HH]. The zero-order valence-corrected chi connectivity index (χ0v) is 12.9. The Kier molecular flexibility index (Phi) is 4.70. The van der Waals surface area contributed by atoms with Gasteiger partial charge in [0.25, 0.3) is 5.91 Å². The van der Waals surface area contributed by atoms with Crippen molar-refractivity contribution in [2.45, 2.75) is 13.3 Å². The lowest BCUT2D eigenvalue weighted by atomic mass is 10.2. The number of hydrogen-bond donors (Lipinski definition) is 1. The van der Waals surface area contributed by atoms with E-state index in [1.54, 1.807) is 30.6 Å². The first-order valence-electron chi connectivity index (χ1n) is 7.37. The van der Waals surface area contributed by atoms with Gasteiger partial charge < -0.3 is 5.32 Å². The molecular weight excluding hydrogens is 308 g/mol. The summed E-state index contributed by atoms with van der Waals surface area (Å²) in [5, 5.41) is 18.7. The Morgan fingerprint density at radius 1 is 1.00 bits per heavy atom. The lowest BCUT2D eigenvalue weighted by molar-refractivity contribution is 0.0953. The van der Waals surface area contributed by atoms with Crippen LogP contribution in [-0.2, 0) is 0 Å². The van der Waals surface area contributed by atoms with Crippen LogP contribution in [0.4, 0.5) is 0 Å². The predicted molar refractivity (Wildman–Crippen MR) is 86.6 cm³/mol. The van der Waals surface area contributed by atoms with Crippen LogP contribution in [0.1, 0.15) is 25.1 Å². The van der Waals surface area contributed by atoms with E-state index in [1.807, 2.05) is 6.92 Å². The Morgan fingerprint density at radius 2 is 1.71 bits per heavy atom. The Bertz CT molecular complexity index is 811. The van der Waals surface area contributed by atoms with Crippen molar-refractivity contribution in [3.63, 3.8) is 0 Å². The first kappa shape index (κ1) is 15.5. The fourth-order valence-electron chi connectivity index (χ4n) is 1.84. The van der Waals surface area contributed by atoms with Gasteiger partial charge in [-0.05, 0) is 24.6 Å². The molecule has 0 aliphatic carbocycles. The third-order valence-electron chi connectivity index (χ3n) is 3.03. The Morgan fingerprint density at radius 3 is 2.33 bits per heavy atom. The second-order valence-corrected chi connectivity index (χ2v) is 4.81. The number of pyridine rings is 1. The van der Waals surface area contributed by atoms with Crippen molar-refractivity contribution in [2.75, 3.05) is 6.54 Å². The first-order valence-corrected chi connectivity index (χ1v) is 7.37. The fourth-order valence-corrected chi connectivity index (χ4v) is 1.84. The highest BCUT2D eigenvalue weighted by molar-refractivity contribution is 5.94. The van der Waals surface area contributed by atoms with E-state index in [-0.39, 0.29) is 19.0 Å². The van der Waals surface area contributed by atoms with Crippen molar-refractivity contribution in [2.24, 2.45) is 0 Å². The van der Waals surface area contributed by atoms with Crippen molar-refractivity contribution < 1.29 is 6.22 Å². The summed E-state index contributed by atoms with van der Waals surface area (Å²) in [4.78, 5) is 24.1. The summed E-state index contributed by atoms with van der Waals surface area (Å²) in [6.45, 7) is 2.61. The van der Waals surface area contributed by atoms with Gasteiger partial charge >= 0.3 is 0 Å². The Labute approximate surface area is 139 Å². The van der Waals surface area contributed by atoms with E-state index in [0.717, 1.165) is 6.42 Å². The highest BCUT2D eigenvalue weighted by Gasteiger charge is 2.10. The van der Waals surface area contributed by atoms with Gasteiger partial charge in [-0.3, -0.25) is 9.78 Å². The third kappa shape index (κ3) is 3.51. The number of rotatable bonds is 5. The van der Waals surface area contributed by atoms with Crippen LogP contribution in [0, 0.1) is 0 Å². The molecule has 9 heteroatoms. The van der Waals surface area contributed by atoms with Gasteiger partial charge in [0.15, 0.2) is 0 Å². The molecule has 0 aliphatic heterocycles. The van der Waals surface area contributed by atoms with Gasteiger partial charge in [-0.25, -0.2) is 9.97 Å². The van der Waals surface area contributed by atoms with Crippen molar-refractivity contribution in [1.29, 1.82) is 0 Å². The lowest BCUT2D eigenvalue weighted by Gasteiger charge is -2.03. The minimum Gasteiger partial charge on any atom is -0.352 e. The van der Waals surface area contributed by atoms with Gasteiger partial charge in [-0.15, -0.1) is 20.4 Å². The molecule has 0 aromatic carbocycles. The zero-order chi connectivity index (χ0) is 16.8. The van der Waals surface area contributed by atoms with E-state index in [1.165, 1.54) is 6.20 Å². The van der Waals surface area contributed by atoms with Crippen LogP contribution < -0.4 is 5.32 Å². The van der Waals surface area contributed by atoms with E-state index in [0.29, 0.717) is 23.6 Å². The van der Waals surface area contributed by atoms with E-state index < -0.39 is 0 Å². The zero-order valence-electron chi connectivity index (χ0n) is 12.9.